The molecule has 3 rings (SSSR count). The molecular weight excluding hydrogens is 274 g/mol. The van der Waals surface area contributed by atoms with Crippen molar-refractivity contribution in [2.45, 2.75) is 30.7 Å². The van der Waals surface area contributed by atoms with Gasteiger partial charge >= 0.3 is 0 Å². The van der Waals surface area contributed by atoms with Gasteiger partial charge in [-0.15, -0.1) is 0 Å². The van der Waals surface area contributed by atoms with Gasteiger partial charge in [-0.05, 0) is 38.0 Å². The third-order valence-corrected chi connectivity index (χ3v) is 5.68. The van der Waals surface area contributed by atoms with Crippen molar-refractivity contribution in [3.63, 3.8) is 0 Å². The fourth-order valence-electron chi connectivity index (χ4n) is 2.67. The summed E-state index contributed by atoms with van der Waals surface area (Å²) in [7, 11) is -3.44. The van der Waals surface area contributed by atoms with Crippen molar-refractivity contribution >= 4 is 10.0 Å². The zero-order valence-corrected chi connectivity index (χ0v) is 12.1. The predicted octanol–water partition coefficient (Wildman–Crippen LogP) is 3.11. The number of benzene rings is 1. The van der Waals surface area contributed by atoms with Crippen LogP contribution in [0.15, 0.2) is 52.2 Å². The van der Waals surface area contributed by atoms with Crippen LogP contribution in [0, 0.1) is 6.92 Å². The van der Waals surface area contributed by atoms with Crippen LogP contribution in [0.5, 0.6) is 0 Å². The SMILES string of the molecule is Cc1ccc(S(=O)(=O)N2CCC[C@H]2c2ccoc2)cc1. The van der Waals surface area contributed by atoms with Crippen molar-refractivity contribution in [1.29, 1.82) is 0 Å². The van der Waals surface area contributed by atoms with E-state index in [-0.39, 0.29) is 6.04 Å². The number of hydrogen-bond acceptors (Lipinski definition) is 3. The lowest BCUT2D eigenvalue weighted by atomic mass is 10.1. The van der Waals surface area contributed by atoms with Crippen LogP contribution in [-0.2, 0) is 10.0 Å². The van der Waals surface area contributed by atoms with Crippen molar-refractivity contribution < 1.29 is 12.8 Å². The summed E-state index contributed by atoms with van der Waals surface area (Å²) in [5, 5.41) is 0. The summed E-state index contributed by atoms with van der Waals surface area (Å²) in [5.74, 6) is 0. The smallest absolute Gasteiger partial charge is 0.243 e. The Morgan fingerprint density at radius 2 is 1.95 bits per heavy atom. The molecule has 1 aromatic heterocycles. The van der Waals surface area contributed by atoms with Crippen LogP contribution >= 0.6 is 0 Å². The molecule has 0 aliphatic carbocycles. The molecule has 4 nitrogen and oxygen atoms in total. The number of hydrogen-bond donors (Lipinski definition) is 0. The first-order valence-corrected chi connectivity index (χ1v) is 8.13. The van der Waals surface area contributed by atoms with E-state index in [2.05, 4.69) is 0 Å². The molecule has 20 heavy (non-hydrogen) atoms. The molecule has 1 atom stereocenters. The van der Waals surface area contributed by atoms with Crippen molar-refractivity contribution in [2.75, 3.05) is 6.54 Å². The van der Waals surface area contributed by atoms with Gasteiger partial charge in [-0.2, -0.15) is 4.31 Å². The Bertz CT molecular complexity index is 674. The minimum atomic E-state index is -3.44. The Morgan fingerprint density at radius 3 is 2.60 bits per heavy atom. The first kappa shape index (κ1) is 13.4. The maximum absolute atomic E-state index is 12.7. The van der Waals surface area contributed by atoms with E-state index in [1.807, 2.05) is 25.1 Å². The number of rotatable bonds is 3. The van der Waals surface area contributed by atoms with E-state index in [0.29, 0.717) is 11.4 Å². The van der Waals surface area contributed by atoms with Crippen LogP contribution in [0.3, 0.4) is 0 Å². The molecule has 0 unspecified atom stereocenters. The van der Waals surface area contributed by atoms with Gasteiger partial charge in [0.2, 0.25) is 10.0 Å². The molecule has 0 bridgehead atoms. The largest absolute Gasteiger partial charge is 0.472 e. The van der Waals surface area contributed by atoms with Gasteiger partial charge in [-0.25, -0.2) is 8.42 Å². The summed E-state index contributed by atoms with van der Waals surface area (Å²) < 4.78 is 32.2. The van der Waals surface area contributed by atoms with Gasteiger partial charge in [0, 0.05) is 12.1 Å². The number of aryl methyl sites for hydroxylation is 1. The summed E-state index contributed by atoms with van der Waals surface area (Å²) in [6, 6.07) is 8.74. The molecule has 2 aromatic rings. The van der Waals surface area contributed by atoms with Crippen LogP contribution in [0.25, 0.3) is 0 Å². The lowest BCUT2D eigenvalue weighted by molar-refractivity contribution is 0.394. The zero-order chi connectivity index (χ0) is 14.2. The topological polar surface area (TPSA) is 50.5 Å². The summed E-state index contributed by atoms with van der Waals surface area (Å²) in [5.41, 5.74) is 1.98. The highest BCUT2D eigenvalue weighted by Crippen LogP contribution is 2.36. The third-order valence-electron chi connectivity index (χ3n) is 3.76. The standard InChI is InChI=1S/C15H17NO3S/c1-12-4-6-14(7-5-12)20(17,18)16-9-2-3-15(16)13-8-10-19-11-13/h4-8,10-11,15H,2-3,9H2,1H3/t15-/m0/s1. The second kappa shape index (κ2) is 5.07. The summed E-state index contributed by atoms with van der Waals surface area (Å²) in [4.78, 5) is 0.360. The van der Waals surface area contributed by atoms with Gasteiger partial charge in [0.25, 0.3) is 0 Å². The summed E-state index contributed by atoms with van der Waals surface area (Å²) in [6.45, 7) is 2.51. The van der Waals surface area contributed by atoms with Gasteiger partial charge in [-0.3, -0.25) is 0 Å². The van der Waals surface area contributed by atoms with E-state index in [1.54, 1.807) is 29.0 Å². The Kier molecular flexibility index (Phi) is 3.40. The van der Waals surface area contributed by atoms with Crippen LogP contribution in [0.2, 0.25) is 0 Å². The van der Waals surface area contributed by atoms with Gasteiger partial charge < -0.3 is 4.42 Å². The zero-order valence-electron chi connectivity index (χ0n) is 11.3. The average molecular weight is 291 g/mol. The predicted molar refractivity (Wildman–Crippen MR) is 75.8 cm³/mol. The molecule has 106 valence electrons. The van der Waals surface area contributed by atoms with Crippen LogP contribution in [-0.4, -0.2) is 19.3 Å². The first-order valence-electron chi connectivity index (χ1n) is 6.69. The van der Waals surface area contributed by atoms with Crippen LogP contribution in [0.4, 0.5) is 0 Å². The Hall–Kier alpha value is -1.59. The summed E-state index contributed by atoms with van der Waals surface area (Å²) >= 11 is 0. The van der Waals surface area contributed by atoms with Crippen molar-refractivity contribution in [2.24, 2.45) is 0 Å². The molecule has 0 amide bonds. The normalized spacial score (nSPS) is 20.4. The fraction of sp³-hybridized carbons (Fsp3) is 0.333. The monoisotopic (exact) mass is 291 g/mol. The van der Waals surface area contributed by atoms with Gasteiger partial charge in [0.1, 0.15) is 0 Å². The maximum atomic E-state index is 12.7. The summed E-state index contributed by atoms with van der Waals surface area (Å²) in [6.07, 6.45) is 4.93. The van der Waals surface area contributed by atoms with Crippen molar-refractivity contribution in [3.8, 4) is 0 Å². The number of sulfonamides is 1. The molecule has 1 saturated heterocycles. The molecule has 5 heteroatoms. The minimum Gasteiger partial charge on any atom is -0.472 e. The maximum Gasteiger partial charge on any atom is 0.243 e. The molecule has 2 heterocycles. The number of furan rings is 1. The Labute approximate surface area is 119 Å². The van der Waals surface area contributed by atoms with Crippen LogP contribution in [0.1, 0.15) is 30.0 Å². The van der Waals surface area contributed by atoms with E-state index in [1.165, 1.54) is 0 Å². The van der Waals surface area contributed by atoms with Gasteiger partial charge in [-0.1, -0.05) is 17.7 Å². The quantitative estimate of drug-likeness (QED) is 0.873. The van der Waals surface area contributed by atoms with E-state index in [4.69, 9.17) is 4.42 Å². The first-order chi connectivity index (χ1) is 9.59. The van der Waals surface area contributed by atoms with E-state index < -0.39 is 10.0 Å². The van der Waals surface area contributed by atoms with Crippen molar-refractivity contribution in [3.05, 3.63) is 54.0 Å². The Morgan fingerprint density at radius 1 is 1.20 bits per heavy atom. The molecule has 0 radical (unpaired) electrons. The van der Waals surface area contributed by atoms with Crippen LogP contribution < -0.4 is 0 Å². The van der Waals surface area contributed by atoms with E-state index >= 15 is 0 Å². The second-order valence-electron chi connectivity index (χ2n) is 5.14. The molecule has 1 aliphatic heterocycles. The number of nitrogens with zero attached hydrogens (tertiary/aromatic N) is 1. The third kappa shape index (κ3) is 2.27. The molecule has 0 spiro atoms. The minimum absolute atomic E-state index is 0.111. The second-order valence-corrected chi connectivity index (χ2v) is 7.03. The van der Waals surface area contributed by atoms with E-state index in [9.17, 15) is 8.42 Å². The average Bonchev–Trinajstić information content (AvgIpc) is 3.10. The molecule has 1 aliphatic rings. The lowest BCUT2D eigenvalue weighted by Gasteiger charge is -2.23. The molecule has 0 saturated carbocycles. The lowest BCUT2D eigenvalue weighted by Crippen LogP contribution is -2.30. The highest BCUT2D eigenvalue weighted by atomic mass is 32.2. The molecule has 1 aromatic carbocycles. The van der Waals surface area contributed by atoms with Gasteiger partial charge in [0.15, 0.2) is 0 Å². The fourth-order valence-corrected chi connectivity index (χ4v) is 4.35. The highest BCUT2D eigenvalue weighted by molar-refractivity contribution is 7.89. The molecule has 1 fully saturated rings. The molecule has 0 N–H and O–H groups in total. The highest BCUT2D eigenvalue weighted by Gasteiger charge is 2.36. The van der Waals surface area contributed by atoms with Crippen molar-refractivity contribution in [1.82, 2.24) is 4.31 Å². The Balaban J connectivity index is 1.96. The molecular formula is C15H17NO3S. The van der Waals surface area contributed by atoms with E-state index in [0.717, 1.165) is 24.0 Å². The van der Waals surface area contributed by atoms with Gasteiger partial charge in [0.05, 0.1) is 23.5 Å².